The van der Waals surface area contributed by atoms with Crippen LogP contribution in [0.15, 0.2) is 22.7 Å². The fourth-order valence-corrected chi connectivity index (χ4v) is 2.70. The van der Waals surface area contributed by atoms with Crippen LogP contribution in [0.4, 0.5) is 0 Å². The van der Waals surface area contributed by atoms with Crippen molar-refractivity contribution < 1.29 is 29.0 Å². The third kappa shape index (κ3) is 3.31. The van der Waals surface area contributed by atoms with Crippen LogP contribution in [-0.2, 0) is 14.3 Å². The molecule has 0 saturated carbocycles. The summed E-state index contributed by atoms with van der Waals surface area (Å²) in [5.74, 6) is -3.26. The lowest BCUT2D eigenvalue weighted by Gasteiger charge is -2.26. The zero-order valence-corrected chi connectivity index (χ0v) is 14.5. The fourth-order valence-electron chi connectivity index (χ4n) is 2.34. The number of amides is 3. The van der Waals surface area contributed by atoms with Gasteiger partial charge in [0.25, 0.3) is 11.8 Å². The van der Waals surface area contributed by atoms with Gasteiger partial charge < -0.3 is 15.2 Å². The monoisotopic (exact) mass is 398 g/mol. The molecular weight excluding hydrogens is 384 g/mol. The number of nitrogens with zero attached hydrogens (tertiary/aromatic N) is 1. The number of halogens is 1. The number of fused-ring (bicyclic) bond motifs is 1. The van der Waals surface area contributed by atoms with E-state index in [1.807, 2.05) is 0 Å². The molecule has 1 aromatic rings. The van der Waals surface area contributed by atoms with Crippen LogP contribution in [0.25, 0.3) is 0 Å². The van der Waals surface area contributed by atoms with Gasteiger partial charge in [-0.3, -0.25) is 19.3 Å². The number of carboxylic acid groups (broad SMARTS) is 1. The SMILES string of the molecule is COCC(C)(NC(=O)CN1C(=O)c2ccc(Br)cc2C1=O)C(=O)O. The molecule has 2 rings (SSSR count). The molecular formula is C15H15BrN2O6. The highest BCUT2D eigenvalue weighted by Crippen LogP contribution is 2.25. The quantitative estimate of drug-likeness (QED) is 0.680. The largest absolute Gasteiger partial charge is 0.479 e. The van der Waals surface area contributed by atoms with E-state index in [2.05, 4.69) is 21.2 Å². The molecule has 128 valence electrons. The van der Waals surface area contributed by atoms with Crippen LogP contribution >= 0.6 is 15.9 Å². The van der Waals surface area contributed by atoms with Crippen molar-refractivity contribution in [3.63, 3.8) is 0 Å². The standard InChI is InChI=1S/C15H15BrN2O6/c1-15(7-24-2,14(22)23)17-11(19)6-18-12(20)9-4-3-8(16)5-10(9)13(18)21/h3-5H,6-7H2,1-2H3,(H,17,19)(H,22,23). The molecule has 1 atom stereocenters. The van der Waals surface area contributed by atoms with Crippen molar-refractivity contribution in [2.45, 2.75) is 12.5 Å². The van der Waals surface area contributed by atoms with Gasteiger partial charge in [-0.2, -0.15) is 0 Å². The Balaban J connectivity index is 2.15. The lowest BCUT2D eigenvalue weighted by molar-refractivity contribution is -0.149. The van der Waals surface area contributed by atoms with Gasteiger partial charge in [0.2, 0.25) is 5.91 Å². The Kier molecular flexibility index (Phi) is 5.05. The van der Waals surface area contributed by atoms with Crippen molar-refractivity contribution in [3.8, 4) is 0 Å². The number of methoxy groups -OCH3 is 1. The number of benzene rings is 1. The van der Waals surface area contributed by atoms with E-state index in [9.17, 15) is 24.3 Å². The minimum Gasteiger partial charge on any atom is -0.479 e. The van der Waals surface area contributed by atoms with Gasteiger partial charge in [-0.25, -0.2) is 4.79 Å². The third-order valence-electron chi connectivity index (χ3n) is 3.55. The van der Waals surface area contributed by atoms with E-state index in [-0.39, 0.29) is 17.7 Å². The molecule has 24 heavy (non-hydrogen) atoms. The van der Waals surface area contributed by atoms with E-state index >= 15 is 0 Å². The number of nitrogens with one attached hydrogen (secondary N) is 1. The Hall–Kier alpha value is -2.26. The molecule has 1 aromatic carbocycles. The predicted octanol–water partition coefficient (Wildman–Crippen LogP) is 0.651. The lowest BCUT2D eigenvalue weighted by atomic mass is 10.0. The van der Waals surface area contributed by atoms with E-state index < -0.39 is 35.8 Å². The molecule has 3 amide bonds. The smallest absolute Gasteiger partial charge is 0.331 e. The Morgan fingerprint density at radius 1 is 1.29 bits per heavy atom. The van der Waals surface area contributed by atoms with Gasteiger partial charge in [0.15, 0.2) is 5.54 Å². The van der Waals surface area contributed by atoms with E-state index in [0.29, 0.717) is 4.47 Å². The number of carbonyl (C=O) groups is 4. The summed E-state index contributed by atoms with van der Waals surface area (Å²) in [5, 5.41) is 11.5. The molecule has 0 bridgehead atoms. The second-order valence-electron chi connectivity index (χ2n) is 5.50. The Morgan fingerprint density at radius 3 is 2.50 bits per heavy atom. The molecule has 1 aliphatic heterocycles. The average molecular weight is 399 g/mol. The van der Waals surface area contributed by atoms with Crippen LogP contribution in [0.2, 0.25) is 0 Å². The number of carbonyl (C=O) groups excluding carboxylic acids is 3. The molecule has 1 unspecified atom stereocenters. The summed E-state index contributed by atoms with van der Waals surface area (Å²) < 4.78 is 5.43. The Labute approximate surface area is 145 Å². The Morgan fingerprint density at radius 2 is 1.92 bits per heavy atom. The topological polar surface area (TPSA) is 113 Å². The molecule has 9 heteroatoms. The van der Waals surface area contributed by atoms with Crippen LogP contribution in [0, 0.1) is 0 Å². The normalized spacial score (nSPS) is 15.9. The summed E-state index contributed by atoms with van der Waals surface area (Å²) in [6.07, 6.45) is 0. The van der Waals surface area contributed by atoms with Crippen molar-refractivity contribution in [2.24, 2.45) is 0 Å². The third-order valence-corrected chi connectivity index (χ3v) is 4.05. The summed E-state index contributed by atoms with van der Waals surface area (Å²) >= 11 is 3.22. The highest BCUT2D eigenvalue weighted by molar-refractivity contribution is 9.10. The number of hydrogen-bond donors (Lipinski definition) is 2. The number of carboxylic acids is 1. The minimum absolute atomic E-state index is 0.195. The van der Waals surface area contributed by atoms with Crippen molar-refractivity contribution in [3.05, 3.63) is 33.8 Å². The molecule has 0 aromatic heterocycles. The molecule has 0 radical (unpaired) electrons. The zero-order valence-electron chi connectivity index (χ0n) is 13.0. The van der Waals surface area contributed by atoms with Crippen LogP contribution in [0.1, 0.15) is 27.6 Å². The number of aliphatic carboxylic acids is 1. The second-order valence-corrected chi connectivity index (χ2v) is 6.42. The van der Waals surface area contributed by atoms with Crippen molar-refractivity contribution in [1.82, 2.24) is 10.2 Å². The summed E-state index contributed by atoms with van der Waals surface area (Å²) in [6, 6.07) is 4.61. The van der Waals surface area contributed by atoms with E-state index in [1.165, 1.54) is 26.2 Å². The molecule has 1 aliphatic rings. The van der Waals surface area contributed by atoms with E-state index in [1.54, 1.807) is 6.07 Å². The van der Waals surface area contributed by atoms with Gasteiger partial charge in [-0.05, 0) is 25.1 Å². The maximum absolute atomic E-state index is 12.3. The summed E-state index contributed by atoms with van der Waals surface area (Å²) in [7, 11) is 1.30. The van der Waals surface area contributed by atoms with E-state index in [0.717, 1.165) is 4.90 Å². The maximum Gasteiger partial charge on any atom is 0.331 e. The lowest BCUT2D eigenvalue weighted by Crippen LogP contribution is -2.57. The molecule has 2 N–H and O–H groups in total. The van der Waals surface area contributed by atoms with Gasteiger partial charge in [0, 0.05) is 11.6 Å². The molecule has 0 saturated heterocycles. The van der Waals surface area contributed by atoms with Crippen molar-refractivity contribution >= 4 is 39.6 Å². The first kappa shape index (κ1) is 18.1. The van der Waals surface area contributed by atoms with Crippen LogP contribution in [-0.4, -0.2) is 59.5 Å². The molecule has 1 heterocycles. The first-order chi connectivity index (χ1) is 11.2. The van der Waals surface area contributed by atoms with Crippen LogP contribution < -0.4 is 5.32 Å². The summed E-state index contributed by atoms with van der Waals surface area (Å²) in [4.78, 5) is 48.7. The van der Waals surface area contributed by atoms with Gasteiger partial charge >= 0.3 is 5.97 Å². The summed E-state index contributed by atoms with van der Waals surface area (Å²) in [6.45, 7) is 0.440. The van der Waals surface area contributed by atoms with E-state index in [4.69, 9.17) is 4.74 Å². The van der Waals surface area contributed by atoms with Crippen LogP contribution in [0.5, 0.6) is 0 Å². The van der Waals surface area contributed by atoms with Gasteiger partial charge in [-0.15, -0.1) is 0 Å². The highest BCUT2D eigenvalue weighted by atomic mass is 79.9. The molecule has 0 aliphatic carbocycles. The summed E-state index contributed by atoms with van der Waals surface area (Å²) in [5.41, 5.74) is -1.26. The van der Waals surface area contributed by atoms with Gasteiger partial charge in [-0.1, -0.05) is 15.9 Å². The first-order valence-electron chi connectivity index (χ1n) is 6.88. The van der Waals surface area contributed by atoms with Gasteiger partial charge in [0.05, 0.1) is 17.7 Å². The number of imide groups is 1. The first-order valence-corrected chi connectivity index (χ1v) is 7.68. The Bertz CT molecular complexity index is 735. The maximum atomic E-state index is 12.3. The zero-order chi connectivity index (χ0) is 18.1. The van der Waals surface area contributed by atoms with Gasteiger partial charge in [0.1, 0.15) is 6.54 Å². The fraction of sp³-hybridized carbons (Fsp3) is 0.333. The molecule has 8 nitrogen and oxygen atoms in total. The van der Waals surface area contributed by atoms with Crippen molar-refractivity contribution in [1.29, 1.82) is 0 Å². The molecule has 0 fully saturated rings. The minimum atomic E-state index is -1.66. The van der Waals surface area contributed by atoms with Crippen molar-refractivity contribution in [2.75, 3.05) is 20.3 Å². The number of hydrogen-bond acceptors (Lipinski definition) is 5. The number of ether oxygens (including phenoxy) is 1. The predicted molar refractivity (Wildman–Crippen MR) is 85.6 cm³/mol. The van der Waals surface area contributed by atoms with Crippen LogP contribution in [0.3, 0.4) is 0 Å². The average Bonchev–Trinajstić information content (AvgIpc) is 2.72. The number of rotatable bonds is 6. The highest BCUT2D eigenvalue weighted by Gasteiger charge is 2.39. The second kappa shape index (κ2) is 6.70. The molecule has 0 spiro atoms.